The fourth-order valence-corrected chi connectivity index (χ4v) is 2.60. The van der Waals surface area contributed by atoms with Crippen LogP contribution in [0.25, 0.3) is 0 Å². The SMILES string of the molecule is COc1ccc([N+](=O)[O-])cc1NCC(=O)NCCc1ccc(C(C)C)cc1. The summed E-state index contributed by atoms with van der Waals surface area (Å²) in [5, 5.41) is 16.6. The van der Waals surface area contributed by atoms with Crippen molar-refractivity contribution in [3.05, 3.63) is 63.7 Å². The number of nitro benzene ring substituents is 1. The fourth-order valence-electron chi connectivity index (χ4n) is 2.60. The van der Waals surface area contributed by atoms with E-state index in [1.54, 1.807) is 0 Å². The molecule has 0 spiro atoms. The number of benzene rings is 2. The number of ether oxygens (including phenoxy) is 1. The summed E-state index contributed by atoms with van der Waals surface area (Å²) in [6.45, 7) is 4.83. The fraction of sp³-hybridized carbons (Fsp3) is 0.350. The second-order valence-electron chi connectivity index (χ2n) is 6.49. The van der Waals surface area contributed by atoms with Crippen LogP contribution in [0.1, 0.15) is 30.9 Å². The molecule has 1 amide bonds. The summed E-state index contributed by atoms with van der Waals surface area (Å²) >= 11 is 0. The molecule has 0 aliphatic heterocycles. The number of rotatable bonds is 9. The molecule has 2 N–H and O–H groups in total. The average molecular weight is 371 g/mol. The van der Waals surface area contributed by atoms with Crippen molar-refractivity contribution in [3.63, 3.8) is 0 Å². The first-order valence-corrected chi connectivity index (χ1v) is 8.82. The van der Waals surface area contributed by atoms with Crippen LogP contribution < -0.4 is 15.4 Å². The lowest BCUT2D eigenvalue weighted by Gasteiger charge is -2.11. The number of nitrogens with zero attached hydrogens (tertiary/aromatic N) is 1. The van der Waals surface area contributed by atoms with Gasteiger partial charge in [-0.1, -0.05) is 38.1 Å². The van der Waals surface area contributed by atoms with E-state index in [2.05, 4.69) is 48.7 Å². The molecule has 0 saturated heterocycles. The maximum Gasteiger partial charge on any atom is 0.271 e. The highest BCUT2D eigenvalue weighted by Crippen LogP contribution is 2.28. The first-order valence-electron chi connectivity index (χ1n) is 8.82. The summed E-state index contributed by atoms with van der Waals surface area (Å²) in [6.07, 6.45) is 0.740. The van der Waals surface area contributed by atoms with Gasteiger partial charge in [-0.2, -0.15) is 0 Å². The lowest BCUT2D eigenvalue weighted by molar-refractivity contribution is -0.384. The van der Waals surface area contributed by atoms with Gasteiger partial charge in [-0.25, -0.2) is 0 Å². The summed E-state index contributed by atoms with van der Waals surface area (Å²) in [5.41, 5.74) is 2.79. The van der Waals surface area contributed by atoms with Crippen LogP contribution in [0.2, 0.25) is 0 Å². The predicted molar refractivity (Wildman–Crippen MR) is 105 cm³/mol. The molecule has 0 aliphatic rings. The van der Waals surface area contributed by atoms with Crippen molar-refractivity contribution >= 4 is 17.3 Å². The molecule has 27 heavy (non-hydrogen) atoms. The second-order valence-corrected chi connectivity index (χ2v) is 6.49. The quantitative estimate of drug-likeness (QED) is 0.520. The van der Waals surface area contributed by atoms with Gasteiger partial charge in [-0.05, 0) is 29.5 Å². The monoisotopic (exact) mass is 371 g/mol. The summed E-state index contributed by atoms with van der Waals surface area (Å²) in [4.78, 5) is 22.4. The van der Waals surface area contributed by atoms with E-state index in [-0.39, 0.29) is 18.1 Å². The van der Waals surface area contributed by atoms with Crippen molar-refractivity contribution in [2.45, 2.75) is 26.2 Å². The number of hydrogen-bond acceptors (Lipinski definition) is 5. The van der Waals surface area contributed by atoms with Crippen LogP contribution in [0.4, 0.5) is 11.4 Å². The second kappa shape index (κ2) is 9.56. The van der Waals surface area contributed by atoms with Crippen molar-refractivity contribution < 1.29 is 14.5 Å². The molecule has 0 heterocycles. The predicted octanol–water partition coefficient (Wildman–Crippen LogP) is 3.50. The number of hydrogen-bond donors (Lipinski definition) is 2. The molecular weight excluding hydrogens is 346 g/mol. The Hall–Kier alpha value is -3.09. The maximum atomic E-state index is 12.0. The van der Waals surface area contributed by atoms with Crippen LogP contribution in [0.15, 0.2) is 42.5 Å². The number of nitrogens with one attached hydrogen (secondary N) is 2. The molecule has 144 valence electrons. The van der Waals surface area contributed by atoms with Gasteiger partial charge in [0.05, 0.1) is 24.3 Å². The minimum absolute atomic E-state index is 0.00378. The third-order valence-electron chi connectivity index (χ3n) is 4.22. The van der Waals surface area contributed by atoms with Crippen LogP contribution in [0.3, 0.4) is 0 Å². The van der Waals surface area contributed by atoms with Gasteiger partial charge in [0, 0.05) is 18.7 Å². The summed E-state index contributed by atoms with van der Waals surface area (Å²) < 4.78 is 5.16. The standard InChI is InChI=1S/C20H25N3O4/c1-14(2)16-6-4-15(5-7-16)10-11-21-20(24)13-22-18-12-17(23(25)26)8-9-19(18)27-3/h4-9,12,14,22H,10-11,13H2,1-3H3,(H,21,24). The molecule has 0 bridgehead atoms. The average Bonchev–Trinajstić information content (AvgIpc) is 2.66. The van der Waals surface area contributed by atoms with Gasteiger partial charge in [0.1, 0.15) is 5.75 Å². The normalized spacial score (nSPS) is 10.5. The zero-order valence-electron chi connectivity index (χ0n) is 15.8. The molecule has 0 aromatic heterocycles. The van der Waals surface area contributed by atoms with Crippen molar-refractivity contribution in [1.29, 1.82) is 0 Å². The zero-order valence-corrected chi connectivity index (χ0v) is 15.8. The maximum absolute atomic E-state index is 12.0. The molecule has 2 rings (SSSR count). The summed E-state index contributed by atoms with van der Waals surface area (Å²) in [5.74, 6) is 0.747. The number of methoxy groups -OCH3 is 1. The molecule has 7 heteroatoms. The van der Waals surface area contributed by atoms with Crippen molar-refractivity contribution in [1.82, 2.24) is 5.32 Å². The first-order chi connectivity index (χ1) is 12.9. The number of anilines is 1. The highest BCUT2D eigenvalue weighted by molar-refractivity contribution is 5.81. The third-order valence-corrected chi connectivity index (χ3v) is 4.22. The highest BCUT2D eigenvalue weighted by atomic mass is 16.6. The van der Waals surface area contributed by atoms with E-state index in [0.717, 1.165) is 12.0 Å². The topological polar surface area (TPSA) is 93.5 Å². The smallest absolute Gasteiger partial charge is 0.271 e. The van der Waals surface area contributed by atoms with E-state index in [1.807, 2.05) is 0 Å². The van der Waals surface area contributed by atoms with Crippen molar-refractivity contribution in [2.75, 3.05) is 25.5 Å². The minimum atomic E-state index is -0.491. The van der Waals surface area contributed by atoms with Gasteiger partial charge in [-0.3, -0.25) is 14.9 Å². The molecule has 2 aromatic rings. The van der Waals surface area contributed by atoms with Gasteiger partial charge in [0.25, 0.3) is 5.69 Å². The van der Waals surface area contributed by atoms with E-state index < -0.39 is 4.92 Å². The Kier molecular flexibility index (Phi) is 7.16. The zero-order chi connectivity index (χ0) is 19.8. The lowest BCUT2D eigenvalue weighted by atomic mass is 10.0. The van der Waals surface area contributed by atoms with Crippen LogP contribution >= 0.6 is 0 Å². The minimum Gasteiger partial charge on any atom is -0.495 e. The molecule has 0 aliphatic carbocycles. The molecule has 0 saturated carbocycles. The Bertz CT molecular complexity index is 788. The molecule has 0 radical (unpaired) electrons. The molecule has 7 nitrogen and oxygen atoms in total. The first kappa shape index (κ1) is 20.2. The lowest BCUT2D eigenvalue weighted by Crippen LogP contribution is -2.31. The van der Waals surface area contributed by atoms with E-state index in [9.17, 15) is 14.9 Å². The number of carbonyl (C=O) groups is 1. The van der Waals surface area contributed by atoms with Gasteiger partial charge >= 0.3 is 0 Å². The van der Waals surface area contributed by atoms with Crippen molar-refractivity contribution in [2.24, 2.45) is 0 Å². The van der Waals surface area contributed by atoms with E-state index >= 15 is 0 Å². The van der Waals surface area contributed by atoms with Crippen LogP contribution in [-0.4, -0.2) is 31.0 Å². The molecule has 0 fully saturated rings. The van der Waals surface area contributed by atoms with Gasteiger partial charge in [-0.15, -0.1) is 0 Å². The van der Waals surface area contributed by atoms with Crippen LogP contribution in [-0.2, 0) is 11.2 Å². The molecular formula is C20H25N3O4. The molecule has 0 atom stereocenters. The van der Waals surface area contributed by atoms with Gasteiger partial charge in [0.2, 0.25) is 5.91 Å². The number of amides is 1. The number of nitro groups is 1. The Balaban J connectivity index is 1.82. The van der Waals surface area contributed by atoms with Gasteiger partial charge in [0.15, 0.2) is 0 Å². The highest BCUT2D eigenvalue weighted by Gasteiger charge is 2.12. The van der Waals surface area contributed by atoms with E-state index in [0.29, 0.717) is 23.9 Å². The largest absolute Gasteiger partial charge is 0.495 e. The summed E-state index contributed by atoms with van der Waals surface area (Å²) in [7, 11) is 1.47. The Morgan fingerprint density at radius 1 is 1.19 bits per heavy atom. The van der Waals surface area contributed by atoms with E-state index in [4.69, 9.17) is 4.74 Å². The third kappa shape index (κ3) is 5.99. The number of non-ortho nitro benzene ring substituents is 1. The van der Waals surface area contributed by atoms with Crippen LogP contribution in [0.5, 0.6) is 5.75 Å². The van der Waals surface area contributed by atoms with Crippen LogP contribution in [0, 0.1) is 10.1 Å². The Morgan fingerprint density at radius 3 is 2.48 bits per heavy atom. The van der Waals surface area contributed by atoms with E-state index in [1.165, 1.54) is 30.9 Å². The Labute approximate surface area is 158 Å². The molecule has 0 unspecified atom stereocenters. The number of carbonyl (C=O) groups excluding carboxylic acids is 1. The summed E-state index contributed by atoms with van der Waals surface area (Å²) in [6, 6.07) is 12.6. The van der Waals surface area contributed by atoms with Gasteiger partial charge < -0.3 is 15.4 Å². The van der Waals surface area contributed by atoms with Crippen molar-refractivity contribution in [3.8, 4) is 5.75 Å². The molecule has 2 aromatic carbocycles. The Morgan fingerprint density at radius 2 is 1.89 bits per heavy atom.